The fraction of sp³-hybridized carbons (Fsp3) is 0.571. The van der Waals surface area contributed by atoms with Gasteiger partial charge in [0.05, 0.1) is 11.7 Å². The molecule has 0 saturated carbocycles. The van der Waals surface area contributed by atoms with E-state index in [9.17, 15) is 13.9 Å². The summed E-state index contributed by atoms with van der Waals surface area (Å²) < 4.78 is 27.0. The number of nitrogens with zero attached hydrogens (tertiary/aromatic N) is 1. The summed E-state index contributed by atoms with van der Waals surface area (Å²) in [7, 11) is 0. The third kappa shape index (κ3) is 3.27. The summed E-state index contributed by atoms with van der Waals surface area (Å²) in [5.41, 5.74) is -0.207. The average Bonchev–Trinajstić information content (AvgIpc) is 2.57. The van der Waals surface area contributed by atoms with Crippen molar-refractivity contribution >= 4 is 0 Å². The summed E-state index contributed by atoms with van der Waals surface area (Å²) in [5.74, 6) is -1.34. The minimum atomic E-state index is -1.09. The summed E-state index contributed by atoms with van der Waals surface area (Å²) in [4.78, 5) is 2.09. The van der Waals surface area contributed by atoms with Gasteiger partial charge in [0.1, 0.15) is 11.6 Å². The van der Waals surface area contributed by atoms with Crippen LogP contribution in [0.4, 0.5) is 8.78 Å². The van der Waals surface area contributed by atoms with Crippen LogP contribution in [0.2, 0.25) is 0 Å². The van der Waals surface area contributed by atoms with Gasteiger partial charge in [-0.1, -0.05) is 18.9 Å². The monoisotopic (exact) mass is 255 g/mol. The van der Waals surface area contributed by atoms with Gasteiger partial charge in [-0.3, -0.25) is 0 Å². The molecule has 1 saturated heterocycles. The Balaban J connectivity index is 2.04. The molecule has 1 aliphatic heterocycles. The Morgan fingerprint density at radius 3 is 2.17 bits per heavy atom. The Bertz CT molecular complexity index is 369. The Labute approximate surface area is 106 Å². The average molecular weight is 255 g/mol. The summed E-state index contributed by atoms with van der Waals surface area (Å²) in [6, 6.07) is 3.68. The zero-order chi connectivity index (χ0) is 13.0. The first-order chi connectivity index (χ1) is 8.68. The van der Waals surface area contributed by atoms with Gasteiger partial charge in [0.2, 0.25) is 0 Å². The topological polar surface area (TPSA) is 23.5 Å². The molecule has 0 bridgehead atoms. The molecule has 1 N–H and O–H groups in total. The predicted octanol–water partition coefficient (Wildman–Crippen LogP) is 2.87. The molecule has 0 amide bonds. The van der Waals surface area contributed by atoms with Gasteiger partial charge in [-0.25, -0.2) is 8.78 Å². The highest BCUT2D eigenvalue weighted by molar-refractivity contribution is 5.22. The molecule has 1 atom stereocenters. The number of aliphatic hydroxyl groups is 1. The first-order valence-corrected chi connectivity index (χ1v) is 6.53. The number of aliphatic hydroxyl groups excluding tert-OH is 1. The van der Waals surface area contributed by atoms with E-state index in [2.05, 4.69) is 4.90 Å². The van der Waals surface area contributed by atoms with Crippen LogP contribution in [-0.2, 0) is 0 Å². The van der Waals surface area contributed by atoms with Crippen LogP contribution in [0.5, 0.6) is 0 Å². The third-order valence-corrected chi connectivity index (χ3v) is 3.46. The van der Waals surface area contributed by atoms with E-state index in [0.717, 1.165) is 25.9 Å². The SMILES string of the molecule is OC(CN1CCCCCC1)c1c(F)cccc1F. The van der Waals surface area contributed by atoms with Crippen molar-refractivity contribution in [2.45, 2.75) is 31.8 Å². The Hall–Kier alpha value is -1.00. The lowest BCUT2D eigenvalue weighted by Gasteiger charge is -2.23. The molecule has 1 aromatic rings. The van der Waals surface area contributed by atoms with Gasteiger partial charge in [0.25, 0.3) is 0 Å². The number of β-amino-alcohol motifs (C(OH)–C–C–N with tert-alkyl or cyclic N) is 1. The van der Waals surface area contributed by atoms with Gasteiger partial charge >= 0.3 is 0 Å². The summed E-state index contributed by atoms with van der Waals surface area (Å²) in [6.45, 7) is 2.10. The molecule has 18 heavy (non-hydrogen) atoms. The number of rotatable bonds is 3. The lowest BCUT2D eigenvalue weighted by Crippen LogP contribution is -2.30. The minimum Gasteiger partial charge on any atom is -0.387 e. The molecule has 0 aliphatic carbocycles. The molecule has 1 aromatic carbocycles. The van der Waals surface area contributed by atoms with Gasteiger partial charge in [0, 0.05) is 6.54 Å². The van der Waals surface area contributed by atoms with Crippen LogP contribution in [0, 0.1) is 11.6 Å². The highest BCUT2D eigenvalue weighted by Crippen LogP contribution is 2.22. The van der Waals surface area contributed by atoms with Crippen LogP contribution in [0.15, 0.2) is 18.2 Å². The van der Waals surface area contributed by atoms with Crippen molar-refractivity contribution in [3.05, 3.63) is 35.4 Å². The quantitative estimate of drug-likeness (QED) is 0.897. The maximum absolute atomic E-state index is 13.5. The molecule has 1 aliphatic rings. The lowest BCUT2D eigenvalue weighted by atomic mass is 10.1. The second kappa shape index (κ2) is 6.25. The fourth-order valence-corrected chi connectivity index (χ4v) is 2.48. The molecule has 1 unspecified atom stereocenters. The molecule has 100 valence electrons. The predicted molar refractivity (Wildman–Crippen MR) is 66.2 cm³/mol. The van der Waals surface area contributed by atoms with Gasteiger partial charge in [-0.15, -0.1) is 0 Å². The molecule has 0 aromatic heterocycles. The van der Waals surface area contributed by atoms with E-state index in [0.29, 0.717) is 6.54 Å². The number of halogens is 2. The second-order valence-corrected chi connectivity index (χ2v) is 4.87. The van der Waals surface area contributed by atoms with Crippen molar-refractivity contribution in [3.63, 3.8) is 0 Å². The Kier molecular flexibility index (Phi) is 4.66. The summed E-state index contributed by atoms with van der Waals surface area (Å²) >= 11 is 0. The van der Waals surface area contributed by atoms with Gasteiger partial charge < -0.3 is 10.0 Å². The molecule has 4 heteroatoms. The molecule has 2 rings (SSSR count). The molecular weight excluding hydrogens is 236 g/mol. The highest BCUT2D eigenvalue weighted by atomic mass is 19.1. The largest absolute Gasteiger partial charge is 0.387 e. The van der Waals surface area contributed by atoms with E-state index in [1.54, 1.807) is 0 Å². The maximum Gasteiger partial charge on any atom is 0.131 e. The van der Waals surface area contributed by atoms with Crippen molar-refractivity contribution < 1.29 is 13.9 Å². The van der Waals surface area contributed by atoms with Crippen LogP contribution < -0.4 is 0 Å². The van der Waals surface area contributed by atoms with Gasteiger partial charge in [-0.05, 0) is 38.1 Å². The standard InChI is InChI=1S/C14H19F2NO/c15-11-6-5-7-12(16)14(11)13(18)10-17-8-3-1-2-4-9-17/h5-7,13,18H,1-4,8-10H2. The van der Waals surface area contributed by atoms with Crippen molar-refractivity contribution in [1.29, 1.82) is 0 Å². The minimum absolute atomic E-state index is 0.207. The van der Waals surface area contributed by atoms with Crippen LogP contribution in [-0.4, -0.2) is 29.6 Å². The van der Waals surface area contributed by atoms with Crippen LogP contribution >= 0.6 is 0 Å². The number of likely N-dealkylation sites (tertiary alicyclic amines) is 1. The molecule has 1 fully saturated rings. The molecular formula is C14H19F2NO. The van der Waals surface area contributed by atoms with Crippen LogP contribution in [0.25, 0.3) is 0 Å². The van der Waals surface area contributed by atoms with Crippen molar-refractivity contribution in [1.82, 2.24) is 4.90 Å². The third-order valence-electron chi connectivity index (χ3n) is 3.46. The summed E-state index contributed by atoms with van der Waals surface area (Å²) in [5, 5.41) is 10.0. The smallest absolute Gasteiger partial charge is 0.131 e. The van der Waals surface area contributed by atoms with E-state index in [-0.39, 0.29) is 5.56 Å². The zero-order valence-electron chi connectivity index (χ0n) is 10.4. The van der Waals surface area contributed by atoms with E-state index < -0.39 is 17.7 Å². The Morgan fingerprint density at radius 1 is 1.06 bits per heavy atom. The Morgan fingerprint density at radius 2 is 1.61 bits per heavy atom. The fourth-order valence-electron chi connectivity index (χ4n) is 2.48. The van der Waals surface area contributed by atoms with Crippen LogP contribution in [0.3, 0.4) is 0 Å². The number of hydrogen-bond donors (Lipinski definition) is 1. The van der Waals surface area contributed by atoms with E-state index in [1.807, 2.05) is 0 Å². The first kappa shape index (κ1) is 13.4. The van der Waals surface area contributed by atoms with E-state index in [1.165, 1.54) is 31.0 Å². The lowest BCUT2D eigenvalue weighted by molar-refractivity contribution is 0.108. The van der Waals surface area contributed by atoms with Gasteiger partial charge in [-0.2, -0.15) is 0 Å². The molecule has 0 radical (unpaired) electrons. The highest BCUT2D eigenvalue weighted by Gasteiger charge is 2.21. The number of hydrogen-bond acceptors (Lipinski definition) is 2. The second-order valence-electron chi connectivity index (χ2n) is 4.87. The molecule has 2 nitrogen and oxygen atoms in total. The van der Waals surface area contributed by atoms with Crippen LogP contribution in [0.1, 0.15) is 37.4 Å². The van der Waals surface area contributed by atoms with Crippen molar-refractivity contribution in [3.8, 4) is 0 Å². The van der Waals surface area contributed by atoms with Crippen molar-refractivity contribution in [2.24, 2.45) is 0 Å². The van der Waals surface area contributed by atoms with Crippen molar-refractivity contribution in [2.75, 3.05) is 19.6 Å². The first-order valence-electron chi connectivity index (χ1n) is 6.53. The molecule has 0 spiro atoms. The van der Waals surface area contributed by atoms with E-state index in [4.69, 9.17) is 0 Å². The number of benzene rings is 1. The molecule has 1 heterocycles. The van der Waals surface area contributed by atoms with Gasteiger partial charge in [0.15, 0.2) is 0 Å². The normalized spacial score (nSPS) is 19.5. The zero-order valence-corrected chi connectivity index (χ0v) is 10.4. The maximum atomic E-state index is 13.5. The van der Waals surface area contributed by atoms with E-state index >= 15 is 0 Å². The summed E-state index contributed by atoms with van der Waals surface area (Å²) in [6.07, 6.45) is 3.48.